The number of hydrogen-bond donors (Lipinski definition) is 0. The molecule has 5 heteroatoms. The summed E-state index contributed by atoms with van der Waals surface area (Å²) in [7, 11) is 0. The van der Waals surface area contributed by atoms with Gasteiger partial charge in [0.05, 0.1) is 39.1 Å². The number of halogens is 1. The predicted octanol–water partition coefficient (Wildman–Crippen LogP) is 11.8. The Bertz CT molecular complexity index is 2230. The van der Waals surface area contributed by atoms with Crippen molar-refractivity contribution in [2.45, 2.75) is 69.9 Å². The van der Waals surface area contributed by atoms with Crippen LogP contribution in [0.25, 0.3) is 5.57 Å². The molecular weight excluding hydrogens is 712 g/mol. The summed E-state index contributed by atoms with van der Waals surface area (Å²) in [5.41, 5.74) is 8.11. The van der Waals surface area contributed by atoms with Crippen molar-refractivity contribution in [1.82, 2.24) is 0 Å². The maximum absolute atomic E-state index is 9.45. The highest BCUT2D eigenvalue weighted by Crippen LogP contribution is 2.41. The molecule has 0 unspecified atom stereocenters. The van der Waals surface area contributed by atoms with E-state index in [9.17, 15) is 2.74 Å². The lowest BCUT2D eigenvalue weighted by atomic mass is 9.80. The smallest absolute Gasteiger partial charge is 0.115 e. The molecule has 0 heterocycles. The van der Waals surface area contributed by atoms with Gasteiger partial charge in [-0.1, -0.05) is 169 Å². The maximum Gasteiger partial charge on any atom is 0.115 e. The van der Waals surface area contributed by atoms with Gasteiger partial charge in [-0.05, 0) is 87.3 Å². The molecule has 4 nitrogen and oxygen atoms in total. The first kappa shape index (κ1) is 35.6. The molecule has 0 N–H and O–H groups in total. The summed E-state index contributed by atoms with van der Waals surface area (Å²) in [6.45, 7) is 1.87. The molecule has 0 radical (unpaired) electrons. The summed E-state index contributed by atoms with van der Waals surface area (Å²) in [6.07, 6.45) is 1.12. The van der Waals surface area contributed by atoms with Crippen LogP contribution in [0.3, 0.4) is 0 Å². The van der Waals surface area contributed by atoms with Crippen LogP contribution in [0.5, 0.6) is 0 Å². The van der Waals surface area contributed by atoms with E-state index in [4.69, 9.17) is 30.5 Å². The average molecular weight is 763 g/mol. The van der Waals surface area contributed by atoms with E-state index >= 15 is 0 Å². The minimum absolute atomic E-state index is 0.245. The third kappa shape index (κ3) is 10.1. The maximum atomic E-state index is 9.45. The van der Waals surface area contributed by atoms with Crippen molar-refractivity contribution in [2.24, 2.45) is 5.92 Å². The minimum atomic E-state index is -1.85. The van der Waals surface area contributed by atoms with Crippen LogP contribution in [0.2, 0.25) is 5.02 Å². The summed E-state index contributed by atoms with van der Waals surface area (Å²) < 4.78 is 46.3. The van der Waals surface area contributed by atoms with E-state index in [1.54, 1.807) is 6.07 Å². The molecule has 1 saturated carbocycles. The van der Waals surface area contributed by atoms with Gasteiger partial charge in [0.15, 0.2) is 0 Å². The minimum Gasteiger partial charge on any atom is -0.376 e. The average Bonchev–Trinajstić information content (AvgIpc) is 4.12. The Morgan fingerprint density at radius 2 is 1.05 bits per heavy atom. The highest BCUT2D eigenvalue weighted by Gasteiger charge is 2.43. The van der Waals surface area contributed by atoms with Crippen LogP contribution in [-0.2, 0) is 51.7 Å². The molecule has 0 saturated heterocycles. The molecule has 2 aliphatic rings. The van der Waals surface area contributed by atoms with Crippen molar-refractivity contribution in [3.05, 3.63) is 219 Å². The number of rotatable bonds is 17. The van der Waals surface area contributed by atoms with Gasteiger partial charge in [0.1, 0.15) is 12.2 Å². The monoisotopic (exact) mass is 762 g/mol. The van der Waals surface area contributed by atoms with E-state index in [1.165, 1.54) is 18.4 Å². The molecule has 4 atom stereocenters. The first-order valence-electron chi connectivity index (χ1n) is 20.6. The SMILES string of the molecule is [2H]C([2H])(c1ccc(C2CC2)cc1)c1cc(C2=C[C@H](COCc3ccccc3)[C@@H](OCc3ccccc3)[C@H](OCc3ccccc3)[C@H]2OCc2ccccc2)ccc1Cl. The van der Waals surface area contributed by atoms with Crippen molar-refractivity contribution >= 4 is 17.2 Å². The fraction of sp³-hybridized carbons (Fsp3) is 0.255. The first-order chi connectivity index (χ1) is 28.4. The van der Waals surface area contributed by atoms with Gasteiger partial charge in [-0.25, -0.2) is 0 Å². The first-order valence-corrected chi connectivity index (χ1v) is 20.0. The van der Waals surface area contributed by atoms with Crippen molar-refractivity contribution in [2.75, 3.05) is 6.61 Å². The van der Waals surface area contributed by atoms with E-state index in [-0.39, 0.29) is 5.92 Å². The molecule has 0 aliphatic heterocycles. The molecule has 8 rings (SSSR count). The van der Waals surface area contributed by atoms with Gasteiger partial charge in [0.25, 0.3) is 0 Å². The molecule has 6 aromatic carbocycles. The van der Waals surface area contributed by atoms with Crippen molar-refractivity contribution in [3.8, 4) is 0 Å². The summed E-state index contributed by atoms with van der Waals surface area (Å²) in [5, 5.41) is 0.363. The Kier molecular flexibility index (Phi) is 12.0. The van der Waals surface area contributed by atoms with Gasteiger partial charge < -0.3 is 18.9 Å². The topological polar surface area (TPSA) is 36.9 Å². The van der Waals surface area contributed by atoms with Crippen LogP contribution in [-0.4, -0.2) is 24.9 Å². The van der Waals surface area contributed by atoms with Gasteiger partial charge in [-0.3, -0.25) is 0 Å². The zero-order chi connectivity index (χ0) is 39.7. The Morgan fingerprint density at radius 3 is 1.61 bits per heavy atom. The number of hydrogen-bond acceptors (Lipinski definition) is 4. The standard InChI is InChI=1S/C51H49ClO4/c52-48-28-27-44(30-45(48)29-37-21-23-42(24-22-37)43-25-26-43)47-31-46(36-53-32-38-13-5-1-6-14-38)49(54-33-39-15-7-2-8-16-39)51(56-35-41-19-11-4-12-20-41)50(47)55-34-40-17-9-3-10-18-40/h1-24,27-28,30-31,43,46,49-51H,25-26,29,32-36H2/t46-,49-,50+,51+/m1/s1/i29D2. The molecule has 6 aromatic rings. The predicted molar refractivity (Wildman–Crippen MR) is 225 cm³/mol. The Balaban J connectivity index is 1.20. The normalized spacial score (nSPS) is 20.2. The Labute approximate surface area is 339 Å². The second-order valence-corrected chi connectivity index (χ2v) is 15.1. The van der Waals surface area contributed by atoms with Crippen LogP contribution in [0, 0.1) is 5.92 Å². The van der Waals surface area contributed by atoms with Gasteiger partial charge in [-0.15, -0.1) is 0 Å². The lowest BCUT2D eigenvalue weighted by Gasteiger charge is -2.42. The third-order valence-electron chi connectivity index (χ3n) is 10.5. The lowest BCUT2D eigenvalue weighted by Crippen LogP contribution is -2.50. The molecule has 56 heavy (non-hydrogen) atoms. The molecule has 0 amide bonds. The second kappa shape index (κ2) is 18.9. The van der Waals surface area contributed by atoms with Crippen molar-refractivity contribution < 1.29 is 21.7 Å². The molecule has 0 bridgehead atoms. The van der Waals surface area contributed by atoms with E-state index in [1.807, 2.05) is 97.1 Å². The number of ether oxygens (including phenoxy) is 4. The van der Waals surface area contributed by atoms with Crippen LogP contribution in [0.15, 0.2) is 170 Å². The van der Waals surface area contributed by atoms with Crippen molar-refractivity contribution in [3.63, 3.8) is 0 Å². The van der Waals surface area contributed by atoms with E-state index in [2.05, 4.69) is 66.7 Å². The summed E-state index contributed by atoms with van der Waals surface area (Å²) in [4.78, 5) is 0. The molecule has 0 spiro atoms. The van der Waals surface area contributed by atoms with Crippen LogP contribution < -0.4 is 0 Å². The van der Waals surface area contributed by atoms with E-state index in [0.29, 0.717) is 55.1 Å². The summed E-state index contributed by atoms with van der Waals surface area (Å²) in [6, 6.07) is 54.2. The Morgan fingerprint density at radius 1 is 0.536 bits per heavy atom. The van der Waals surface area contributed by atoms with Crippen LogP contribution >= 0.6 is 11.6 Å². The Hall–Kier alpha value is -4.81. The fourth-order valence-corrected chi connectivity index (χ4v) is 7.56. The lowest BCUT2D eigenvalue weighted by molar-refractivity contribution is -0.158. The molecule has 1 fully saturated rings. The van der Waals surface area contributed by atoms with E-state index in [0.717, 1.165) is 33.4 Å². The quantitative estimate of drug-likeness (QED) is 0.0927. The summed E-state index contributed by atoms with van der Waals surface area (Å²) in [5.74, 6) is 0.339. The highest BCUT2D eigenvalue weighted by molar-refractivity contribution is 6.31. The van der Waals surface area contributed by atoms with E-state index < -0.39 is 24.7 Å². The van der Waals surface area contributed by atoms with Gasteiger partial charge in [-0.2, -0.15) is 0 Å². The van der Waals surface area contributed by atoms with Gasteiger partial charge >= 0.3 is 0 Å². The van der Waals surface area contributed by atoms with Crippen LogP contribution in [0.4, 0.5) is 0 Å². The number of benzene rings is 6. The zero-order valence-electron chi connectivity index (χ0n) is 33.5. The molecule has 284 valence electrons. The molecular formula is C51H49ClO4. The van der Waals surface area contributed by atoms with Crippen LogP contribution in [0.1, 0.15) is 66.0 Å². The summed E-state index contributed by atoms with van der Waals surface area (Å²) >= 11 is 6.91. The zero-order valence-corrected chi connectivity index (χ0v) is 32.3. The highest BCUT2D eigenvalue weighted by atomic mass is 35.5. The third-order valence-corrected chi connectivity index (χ3v) is 10.9. The van der Waals surface area contributed by atoms with Crippen molar-refractivity contribution in [1.29, 1.82) is 0 Å². The van der Waals surface area contributed by atoms with Gasteiger partial charge in [0.2, 0.25) is 0 Å². The largest absolute Gasteiger partial charge is 0.376 e. The molecule has 0 aromatic heterocycles. The molecule has 2 aliphatic carbocycles. The fourth-order valence-electron chi connectivity index (χ4n) is 7.39. The second-order valence-electron chi connectivity index (χ2n) is 14.7. The van der Waals surface area contributed by atoms with Gasteiger partial charge in [0, 0.05) is 13.7 Å².